The molecule has 2 heterocycles. The van der Waals surface area contributed by atoms with Crippen LogP contribution in [0.1, 0.15) is 17.0 Å². The van der Waals surface area contributed by atoms with Gasteiger partial charge in [0.05, 0.1) is 17.6 Å². The minimum Gasteiger partial charge on any atom is -0.454 e. The molecule has 0 radical (unpaired) electrons. The highest BCUT2D eigenvalue weighted by molar-refractivity contribution is 5.93. The summed E-state index contributed by atoms with van der Waals surface area (Å²) in [5.41, 5.74) is 5.12. The summed E-state index contributed by atoms with van der Waals surface area (Å²) in [6.07, 6.45) is 1.86. The fourth-order valence-corrected chi connectivity index (χ4v) is 4.55. The number of carbonyl (C=O) groups excluding carboxylic acids is 1. The first-order chi connectivity index (χ1) is 15.7. The number of benzene rings is 3. The molecule has 0 spiro atoms. The van der Waals surface area contributed by atoms with Crippen LogP contribution in [-0.4, -0.2) is 28.7 Å². The zero-order valence-electron chi connectivity index (χ0n) is 17.4. The Hall–Kier alpha value is -3.93. The minimum absolute atomic E-state index is 0.0604. The van der Waals surface area contributed by atoms with Crippen molar-refractivity contribution in [3.63, 3.8) is 0 Å². The molecule has 0 bridgehead atoms. The van der Waals surface area contributed by atoms with Crippen molar-refractivity contribution in [1.29, 1.82) is 0 Å². The molecule has 2 aliphatic rings. The second-order valence-corrected chi connectivity index (χ2v) is 8.19. The van der Waals surface area contributed by atoms with Gasteiger partial charge in [0, 0.05) is 17.0 Å². The Morgan fingerprint density at radius 2 is 1.66 bits per heavy atom. The van der Waals surface area contributed by atoms with Crippen LogP contribution in [0.5, 0.6) is 11.5 Å². The van der Waals surface area contributed by atoms with Gasteiger partial charge in [0.15, 0.2) is 11.5 Å². The van der Waals surface area contributed by atoms with E-state index in [0.29, 0.717) is 11.6 Å². The Morgan fingerprint density at radius 3 is 2.50 bits per heavy atom. The van der Waals surface area contributed by atoms with E-state index >= 15 is 0 Å². The van der Waals surface area contributed by atoms with Gasteiger partial charge < -0.3 is 14.8 Å². The molecule has 158 valence electrons. The number of nitrogens with one attached hydrogen (secondary N) is 1. The third kappa shape index (κ3) is 3.43. The highest BCUT2D eigenvalue weighted by atomic mass is 16.7. The molecule has 6 nitrogen and oxygen atoms in total. The fraction of sp³-hybridized carbons (Fsp3) is 0.192. The Morgan fingerprint density at radius 1 is 0.906 bits per heavy atom. The molecule has 1 aliphatic heterocycles. The first-order valence-corrected chi connectivity index (χ1v) is 10.7. The third-order valence-electron chi connectivity index (χ3n) is 6.03. The van der Waals surface area contributed by atoms with Gasteiger partial charge in [0.1, 0.15) is 5.82 Å². The highest BCUT2D eigenvalue weighted by Crippen LogP contribution is 2.37. The van der Waals surface area contributed by atoms with Crippen LogP contribution in [0, 0.1) is 0 Å². The fourth-order valence-electron chi connectivity index (χ4n) is 4.55. The van der Waals surface area contributed by atoms with Crippen LogP contribution >= 0.6 is 0 Å². The normalized spacial score (nSPS) is 14.5. The van der Waals surface area contributed by atoms with Crippen LogP contribution in [0.4, 0.5) is 0 Å². The lowest BCUT2D eigenvalue weighted by molar-refractivity contribution is -0.121. The number of fused-ring (bicyclic) bond motifs is 3. The molecule has 1 amide bonds. The largest absolute Gasteiger partial charge is 0.454 e. The number of aromatic nitrogens is 2. The van der Waals surface area contributed by atoms with Gasteiger partial charge in [-0.1, -0.05) is 42.5 Å². The number of rotatable bonds is 4. The minimum atomic E-state index is -0.0604. The van der Waals surface area contributed by atoms with E-state index < -0.39 is 0 Å². The van der Waals surface area contributed by atoms with Crippen molar-refractivity contribution in [1.82, 2.24) is 15.3 Å². The van der Waals surface area contributed by atoms with Crippen LogP contribution in [0.3, 0.4) is 0 Å². The molecule has 0 fully saturated rings. The van der Waals surface area contributed by atoms with Crippen LogP contribution in [0.15, 0.2) is 66.7 Å². The summed E-state index contributed by atoms with van der Waals surface area (Å²) in [5.74, 6) is 1.87. The predicted octanol–water partition coefficient (Wildman–Crippen LogP) is 3.85. The van der Waals surface area contributed by atoms with Crippen molar-refractivity contribution in [3.8, 4) is 22.8 Å². The van der Waals surface area contributed by atoms with Crippen molar-refractivity contribution in [2.45, 2.75) is 25.3 Å². The molecule has 4 aromatic rings. The lowest BCUT2D eigenvalue weighted by atomic mass is 10.1. The van der Waals surface area contributed by atoms with E-state index in [1.807, 2.05) is 54.6 Å². The topological polar surface area (TPSA) is 73.3 Å². The Labute approximate surface area is 185 Å². The molecule has 1 N–H and O–H groups in total. The van der Waals surface area contributed by atoms with Crippen LogP contribution in [0.25, 0.3) is 22.2 Å². The zero-order valence-corrected chi connectivity index (χ0v) is 17.4. The first-order valence-electron chi connectivity index (χ1n) is 10.7. The molecule has 0 saturated heterocycles. The second kappa shape index (κ2) is 7.64. The number of amides is 1. The van der Waals surface area contributed by atoms with Crippen LogP contribution in [0.2, 0.25) is 0 Å². The first kappa shape index (κ1) is 18.8. The Balaban J connectivity index is 1.28. The molecular weight excluding hydrogens is 402 g/mol. The number of hydrogen-bond acceptors (Lipinski definition) is 5. The van der Waals surface area contributed by atoms with E-state index in [0.717, 1.165) is 40.8 Å². The summed E-state index contributed by atoms with van der Waals surface area (Å²) in [5, 5.41) is 4.09. The smallest absolute Gasteiger partial charge is 0.231 e. The molecule has 0 saturated carbocycles. The van der Waals surface area contributed by atoms with Crippen molar-refractivity contribution in [2.75, 3.05) is 6.79 Å². The van der Waals surface area contributed by atoms with Gasteiger partial charge in [-0.05, 0) is 48.2 Å². The van der Waals surface area contributed by atoms with Crippen molar-refractivity contribution in [2.24, 2.45) is 0 Å². The maximum atomic E-state index is 12.8. The van der Waals surface area contributed by atoms with Gasteiger partial charge in [-0.2, -0.15) is 0 Å². The summed E-state index contributed by atoms with van der Waals surface area (Å²) < 4.78 is 11.0. The molecule has 6 heteroatoms. The number of carbonyl (C=O) groups is 1. The van der Waals surface area contributed by atoms with Crippen molar-refractivity contribution in [3.05, 3.63) is 83.7 Å². The Bertz CT molecular complexity index is 1330. The van der Waals surface area contributed by atoms with Crippen LogP contribution in [-0.2, 0) is 24.1 Å². The molecular formula is C26H21N3O3. The monoisotopic (exact) mass is 423 g/mol. The van der Waals surface area contributed by atoms with E-state index in [1.165, 1.54) is 11.1 Å². The average Bonchev–Trinajstić information content (AvgIpc) is 3.44. The molecule has 32 heavy (non-hydrogen) atoms. The SMILES string of the molecule is O=C(Cc1nc(-c2ccc3c(c2)OCO3)c2ccccc2n1)NC1Cc2ccccc2C1. The van der Waals surface area contributed by atoms with Gasteiger partial charge in [-0.25, -0.2) is 9.97 Å². The standard InChI is InChI=1S/C26H21N3O3/c30-25(27-19-11-16-5-1-2-6-17(16)12-19)14-24-28-21-8-4-3-7-20(21)26(29-24)18-9-10-22-23(13-18)32-15-31-22/h1-10,13,19H,11-12,14-15H2,(H,27,30). The highest BCUT2D eigenvalue weighted by Gasteiger charge is 2.23. The van der Waals surface area contributed by atoms with Crippen molar-refractivity contribution >= 4 is 16.8 Å². The van der Waals surface area contributed by atoms with Gasteiger partial charge in [-0.15, -0.1) is 0 Å². The second-order valence-electron chi connectivity index (χ2n) is 8.19. The molecule has 0 atom stereocenters. The number of para-hydroxylation sites is 1. The van der Waals surface area contributed by atoms with E-state index in [1.54, 1.807) is 0 Å². The lowest BCUT2D eigenvalue weighted by Gasteiger charge is -2.13. The number of nitrogens with zero attached hydrogens (tertiary/aromatic N) is 2. The molecule has 6 rings (SSSR count). The van der Waals surface area contributed by atoms with Gasteiger partial charge in [0.25, 0.3) is 0 Å². The van der Waals surface area contributed by atoms with Crippen LogP contribution < -0.4 is 14.8 Å². The summed E-state index contributed by atoms with van der Waals surface area (Å²) in [6.45, 7) is 0.222. The van der Waals surface area contributed by atoms with Gasteiger partial charge in [0.2, 0.25) is 12.7 Å². The molecule has 1 aliphatic carbocycles. The van der Waals surface area contributed by atoms with E-state index in [9.17, 15) is 4.79 Å². The Kier molecular flexibility index (Phi) is 4.49. The van der Waals surface area contributed by atoms with Gasteiger partial charge in [-0.3, -0.25) is 4.79 Å². The molecule has 3 aromatic carbocycles. The quantitative estimate of drug-likeness (QED) is 0.540. The number of hydrogen-bond donors (Lipinski definition) is 1. The summed E-state index contributed by atoms with van der Waals surface area (Å²) in [7, 11) is 0. The molecule has 0 unspecified atom stereocenters. The van der Waals surface area contributed by atoms with Crippen molar-refractivity contribution < 1.29 is 14.3 Å². The summed E-state index contributed by atoms with van der Waals surface area (Å²) in [6, 6.07) is 22.1. The lowest BCUT2D eigenvalue weighted by Crippen LogP contribution is -2.36. The maximum absolute atomic E-state index is 12.8. The summed E-state index contributed by atoms with van der Waals surface area (Å²) in [4.78, 5) is 22.3. The van der Waals surface area contributed by atoms with E-state index in [4.69, 9.17) is 14.5 Å². The van der Waals surface area contributed by atoms with E-state index in [-0.39, 0.29) is 25.2 Å². The number of ether oxygens (including phenoxy) is 2. The maximum Gasteiger partial charge on any atom is 0.231 e. The third-order valence-corrected chi connectivity index (χ3v) is 6.03. The van der Waals surface area contributed by atoms with Gasteiger partial charge >= 0.3 is 0 Å². The van der Waals surface area contributed by atoms with E-state index in [2.05, 4.69) is 22.4 Å². The molecule has 1 aromatic heterocycles. The predicted molar refractivity (Wildman–Crippen MR) is 121 cm³/mol. The summed E-state index contributed by atoms with van der Waals surface area (Å²) >= 11 is 0. The zero-order chi connectivity index (χ0) is 21.5. The average molecular weight is 423 g/mol.